The number of carbonyl (C=O) groups is 2. The number of nitrogens with one attached hydrogen (secondary N) is 1. The molecule has 7 heteroatoms. The highest BCUT2D eigenvalue weighted by Crippen LogP contribution is 2.17. The summed E-state index contributed by atoms with van der Waals surface area (Å²) in [6.45, 7) is 4.32. The van der Waals surface area contributed by atoms with E-state index in [2.05, 4.69) is 53.4 Å². The average Bonchev–Trinajstić information content (AvgIpc) is 2.61. The molecular formula is C19H23N3O4. The maximum absolute atomic E-state index is 9.55. The minimum absolute atomic E-state index is 0.280. The highest BCUT2D eigenvalue weighted by molar-refractivity contribution is 5.89. The molecule has 1 atom stereocenters. The summed E-state index contributed by atoms with van der Waals surface area (Å²) in [6, 6.07) is 11.2. The molecule has 1 aromatic carbocycles. The van der Waals surface area contributed by atoms with Crippen LogP contribution < -0.4 is 5.32 Å². The number of rotatable bonds is 7. The van der Waals surface area contributed by atoms with Crippen LogP contribution in [0, 0.1) is 0 Å². The molecule has 138 valence electrons. The van der Waals surface area contributed by atoms with Gasteiger partial charge < -0.3 is 15.5 Å². The Morgan fingerprint density at radius 1 is 1.08 bits per heavy atom. The standard InChI is InChI=1S/C15H19N3.C4H4O4/c1-12(2)18-15(13-6-4-3-5-7-13)10-14-11-16-8-9-17-14;5-3(6)1-2-4(7)8/h3-9,11-12,15,18H,10H2,1-2H3;1-2H,(H,5,6)(H,7,8). The molecule has 2 aromatic rings. The van der Waals surface area contributed by atoms with Crippen molar-refractivity contribution in [2.75, 3.05) is 0 Å². The summed E-state index contributed by atoms with van der Waals surface area (Å²) in [5.74, 6) is -2.51. The van der Waals surface area contributed by atoms with Gasteiger partial charge in [0.1, 0.15) is 0 Å². The van der Waals surface area contributed by atoms with Gasteiger partial charge in [0.15, 0.2) is 0 Å². The number of hydrogen-bond donors (Lipinski definition) is 3. The number of nitrogens with zero attached hydrogens (tertiary/aromatic N) is 2. The predicted octanol–water partition coefficient (Wildman–Crippen LogP) is 2.47. The fourth-order valence-electron chi connectivity index (χ4n) is 2.15. The summed E-state index contributed by atoms with van der Waals surface area (Å²) in [6.07, 6.45) is 7.25. The molecule has 0 bridgehead atoms. The van der Waals surface area contributed by atoms with Crippen molar-refractivity contribution in [2.45, 2.75) is 32.4 Å². The normalized spacial score (nSPS) is 11.7. The third kappa shape index (κ3) is 9.29. The third-order valence-corrected chi connectivity index (χ3v) is 3.13. The molecule has 0 aliphatic rings. The van der Waals surface area contributed by atoms with Gasteiger partial charge in [0, 0.05) is 49.2 Å². The smallest absolute Gasteiger partial charge is 0.328 e. The van der Waals surface area contributed by atoms with E-state index in [0.717, 1.165) is 12.1 Å². The Hall–Kier alpha value is -3.06. The lowest BCUT2D eigenvalue weighted by Crippen LogP contribution is -2.29. The molecule has 1 unspecified atom stereocenters. The number of aromatic nitrogens is 2. The molecule has 0 radical (unpaired) electrons. The van der Waals surface area contributed by atoms with E-state index >= 15 is 0 Å². The summed E-state index contributed by atoms with van der Waals surface area (Å²) in [5.41, 5.74) is 2.30. The highest BCUT2D eigenvalue weighted by Gasteiger charge is 2.13. The van der Waals surface area contributed by atoms with E-state index in [4.69, 9.17) is 10.2 Å². The molecule has 0 amide bonds. The van der Waals surface area contributed by atoms with Gasteiger partial charge in [-0.05, 0) is 5.56 Å². The van der Waals surface area contributed by atoms with Crippen molar-refractivity contribution in [3.63, 3.8) is 0 Å². The van der Waals surface area contributed by atoms with E-state index in [1.54, 1.807) is 12.4 Å². The summed E-state index contributed by atoms with van der Waals surface area (Å²) < 4.78 is 0. The molecular weight excluding hydrogens is 334 g/mol. The molecule has 0 fully saturated rings. The van der Waals surface area contributed by atoms with Gasteiger partial charge in [-0.1, -0.05) is 44.2 Å². The van der Waals surface area contributed by atoms with Crippen LogP contribution in [0.1, 0.15) is 31.1 Å². The largest absolute Gasteiger partial charge is 0.478 e. The molecule has 1 aromatic heterocycles. The van der Waals surface area contributed by atoms with Crippen LogP contribution in [0.25, 0.3) is 0 Å². The first-order valence-electron chi connectivity index (χ1n) is 8.08. The van der Waals surface area contributed by atoms with E-state index < -0.39 is 11.9 Å². The van der Waals surface area contributed by atoms with Crippen molar-refractivity contribution in [1.29, 1.82) is 0 Å². The molecule has 26 heavy (non-hydrogen) atoms. The van der Waals surface area contributed by atoms with Crippen molar-refractivity contribution in [3.05, 3.63) is 72.3 Å². The van der Waals surface area contributed by atoms with Crippen molar-refractivity contribution in [1.82, 2.24) is 15.3 Å². The minimum atomic E-state index is -1.26. The first-order valence-corrected chi connectivity index (χ1v) is 8.08. The van der Waals surface area contributed by atoms with Crippen LogP contribution in [0.5, 0.6) is 0 Å². The zero-order chi connectivity index (χ0) is 19.4. The Labute approximate surface area is 152 Å². The van der Waals surface area contributed by atoms with Gasteiger partial charge in [0.2, 0.25) is 0 Å². The zero-order valence-electron chi connectivity index (χ0n) is 14.7. The van der Waals surface area contributed by atoms with Crippen molar-refractivity contribution in [3.8, 4) is 0 Å². The molecule has 3 N–H and O–H groups in total. The van der Waals surface area contributed by atoms with Crippen molar-refractivity contribution in [2.24, 2.45) is 0 Å². The van der Waals surface area contributed by atoms with Gasteiger partial charge in [-0.3, -0.25) is 9.97 Å². The van der Waals surface area contributed by atoms with Gasteiger partial charge >= 0.3 is 11.9 Å². The van der Waals surface area contributed by atoms with Crippen LogP contribution >= 0.6 is 0 Å². The van der Waals surface area contributed by atoms with Gasteiger partial charge in [-0.25, -0.2) is 9.59 Å². The molecule has 0 saturated carbocycles. The molecule has 0 spiro atoms. The minimum Gasteiger partial charge on any atom is -0.478 e. The second-order valence-electron chi connectivity index (χ2n) is 5.70. The first kappa shape index (κ1) is 21.0. The summed E-state index contributed by atoms with van der Waals surface area (Å²) in [4.78, 5) is 27.6. The van der Waals surface area contributed by atoms with Crippen LogP contribution in [0.2, 0.25) is 0 Å². The lowest BCUT2D eigenvalue weighted by molar-refractivity contribution is -0.134. The molecule has 0 saturated heterocycles. The Morgan fingerprint density at radius 2 is 1.69 bits per heavy atom. The van der Waals surface area contributed by atoms with E-state index in [9.17, 15) is 9.59 Å². The summed E-state index contributed by atoms with van der Waals surface area (Å²) in [5, 5.41) is 19.2. The Kier molecular flexibility index (Phi) is 9.27. The fraction of sp³-hybridized carbons (Fsp3) is 0.263. The maximum atomic E-state index is 9.55. The number of aliphatic carboxylic acids is 2. The number of benzene rings is 1. The van der Waals surface area contributed by atoms with Crippen molar-refractivity contribution >= 4 is 11.9 Å². The summed E-state index contributed by atoms with van der Waals surface area (Å²) in [7, 11) is 0. The predicted molar refractivity (Wildman–Crippen MR) is 97.6 cm³/mol. The molecule has 1 heterocycles. The summed E-state index contributed by atoms with van der Waals surface area (Å²) >= 11 is 0. The van der Waals surface area contributed by atoms with E-state index in [1.807, 2.05) is 12.3 Å². The van der Waals surface area contributed by atoms with Gasteiger partial charge in [-0.15, -0.1) is 0 Å². The van der Waals surface area contributed by atoms with Crippen LogP contribution in [0.15, 0.2) is 61.1 Å². The van der Waals surface area contributed by atoms with Gasteiger partial charge in [0.05, 0.1) is 5.69 Å². The topological polar surface area (TPSA) is 112 Å². The van der Waals surface area contributed by atoms with Crippen molar-refractivity contribution < 1.29 is 19.8 Å². The number of hydrogen-bond acceptors (Lipinski definition) is 5. The Bertz CT molecular complexity index is 687. The maximum Gasteiger partial charge on any atom is 0.328 e. The second-order valence-corrected chi connectivity index (χ2v) is 5.70. The monoisotopic (exact) mass is 357 g/mol. The van der Waals surface area contributed by atoms with E-state index in [0.29, 0.717) is 18.2 Å². The van der Waals surface area contributed by atoms with Crippen LogP contribution in [-0.2, 0) is 16.0 Å². The van der Waals surface area contributed by atoms with Crippen LogP contribution in [-0.4, -0.2) is 38.2 Å². The zero-order valence-corrected chi connectivity index (χ0v) is 14.7. The second kappa shape index (κ2) is 11.5. The van der Waals surface area contributed by atoms with Crippen LogP contribution in [0.3, 0.4) is 0 Å². The third-order valence-electron chi connectivity index (χ3n) is 3.13. The lowest BCUT2D eigenvalue weighted by atomic mass is 10.0. The lowest BCUT2D eigenvalue weighted by Gasteiger charge is -2.21. The quantitative estimate of drug-likeness (QED) is 0.653. The van der Waals surface area contributed by atoms with Gasteiger partial charge in [-0.2, -0.15) is 0 Å². The first-order chi connectivity index (χ1) is 12.4. The highest BCUT2D eigenvalue weighted by atomic mass is 16.4. The molecule has 0 aliphatic carbocycles. The van der Waals surface area contributed by atoms with Gasteiger partial charge in [0.25, 0.3) is 0 Å². The number of carboxylic acid groups (broad SMARTS) is 2. The Morgan fingerprint density at radius 3 is 2.15 bits per heavy atom. The molecule has 2 rings (SSSR count). The van der Waals surface area contributed by atoms with E-state index in [1.165, 1.54) is 5.56 Å². The van der Waals surface area contributed by atoms with E-state index in [-0.39, 0.29) is 6.04 Å². The van der Waals surface area contributed by atoms with Crippen LogP contribution in [0.4, 0.5) is 0 Å². The fourth-order valence-corrected chi connectivity index (χ4v) is 2.15. The Balaban J connectivity index is 0.000000359. The average molecular weight is 357 g/mol. The molecule has 7 nitrogen and oxygen atoms in total. The SMILES string of the molecule is CC(C)NC(Cc1cnccn1)c1ccccc1.O=C(O)C=CC(=O)O. The molecule has 0 aliphatic heterocycles. The number of carboxylic acids is 2.